The van der Waals surface area contributed by atoms with Gasteiger partial charge in [-0.25, -0.2) is 8.78 Å². The summed E-state index contributed by atoms with van der Waals surface area (Å²) in [6.45, 7) is 2.11. The third kappa shape index (κ3) is 3.29. The Bertz CT molecular complexity index is 414. The van der Waals surface area contributed by atoms with Crippen molar-refractivity contribution in [2.24, 2.45) is 5.73 Å². The number of hydrogen-bond donors (Lipinski definition) is 1. The molecule has 0 aliphatic carbocycles. The van der Waals surface area contributed by atoms with Crippen molar-refractivity contribution in [1.29, 1.82) is 0 Å². The summed E-state index contributed by atoms with van der Waals surface area (Å²) in [5, 5.41) is 0. The molecular weight excluding hydrogens is 250 g/mol. The van der Waals surface area contributed by atoms with Gasteiger partial charge in [0.25, 0.3) is 6.43 Å². The van der Waals surface area contributed by atoms with Gasteiger partial charge in [0, 0.05) is 38.3 Å². The van der Waals surface area contributed by atoms with Crippen molar-refractivity contribution >= 4 is 0 Å². The van der Waals surface area contributed by atoms with Crippen LogP contribution in [0.1, 0.15) is 30.0 Å². The SMILES string of the molecule is COC1CCN(C(CN)c2cccc(C(F)F)c2)C1. The van der Waals surface area contributed by atoms with E-state index in [1.165, 1.54) is 6.07 Å². The fraction of sp³-hybridized carbons (Fsp3) is 0.571. The van der Waals surface area contributed by atoms with Crippen LogP contribution in [0.5, 0.6) is 0 Å². The molecule has 1 aliphatic rings. The molecule has 2 atom stereocenters. The highest BCUT2D eigenvalue weighted by molar-refractivity contribution is 5.27. The molecule has 0 amide bonds. The molecule has 2 rings (SSSR count). The maximum absolute atomic E-state index is 12.7. The summed E-state index contributed by atoms with van der Waals surface area (Å²) in [4.78, 5) is 2.21. The summed E-state index contributed by atoms with van der Waals surface area (Å²) in [6, 6.07) is 6.53. The smallest absolute Gasteiger partial charge is 0.263 e. The first-order valence-corrected chi connectivity index (χ1v) is 6.50. The summed E-state index contributed by atoms with van der Waals surface area (Å²) < 4.78 is 30.8. The average Bonchev–Trinajstić information content (AvgIpc) is 2.89. The highest BCUT2D eigenvalue weighted by atomic mass is 19.3. The highest BCUT2D eigenvalue weighted by Gasteiger charge is 2.28. The third-order valence-electron chi connectivity index (χ3n) is 3.72. The van der Waals surface area contributed by atoms with Crippen molar-refractivity contribution < 1.29 is 13.5 Å². The minimum atomic E-state index is -2.44. The van der Waals surface area contributed by atoms with Crippen LogP contribution < -0.4 is 5.73 Å². The molecular formula is C14H20F2N2O. The maximum atomic E-state index is 12.7. The second kappa shape index (κ2) is 6.41. The monoisotopic (exact) mass is 270 g/mol. The van der Waals surface area contributed by atoms with Gasteiger partial charge in [0.05, 0.1) is 6.10 Å². The summed E-state index contributed by atoms with van der Waals surface area (Å²) in [7, 11) is 1.70. The Labute approximate surface area is 112 Å². The van der Waals surface area contributed by atoms with Gasteiger partial charge in [0.15, 0.2) is 0 Å². The van der Waals surface area contributed by atoms with Crippen LogP contribution in [0.3, 0.4) is 0 Å². The number of alkyl halides is 2. The van der Waals surface area contributed by atoms with Crippen molar-refractivity contribution in [3.63, 3.8) is 0 Å². The Morgan fingerprint density at radius 1 is 1.42 bits per heavy atom. The zero-order valence-corrected chi connectivity index (χ0v) is 11.1. The number of ether oxygens (including phenoxy) is 1. The molecule has 0 spiro atoms. The first kappa shape index (κ1) is 14.4. The predicted molar refractivity (Wildman–Crippen MR) is 70.2 cm³/mol. The minimum Gasteiger partial charge on any atom is -0.380 e. The van der Waals surface area contributed by atoms with E-state index < -0.39 is 6.43 Å². The second-order valence-corrected chi connectivity index (χ2v) is 4.86. The number of methoxy groups -OCH3 is 1. The molecule has 0 aromatic heterocycles. The Kier molecular flexibility index (Phi) is 4.85. The van der Waals surface area contributed by atoms with Crippen molar-refractivity contribution in [3.8, 4) is 0 Å². The number of nitrogens with two attached hydrogens (primary N) is 1. The molecule has 106 valence electrons. The lowest BCUT2D eigenvalue weighted by Gasteiger charge is -2.27. The van der Waals surface area contributed by atoms with Crippen LogP contribution in [-0.4, -0.2) is 37.7 Å². The molecule has 1 aromatic rings. The van der Waals surface area contributed by atoms with E-state index in [9.17, 15) is 8.78 Å². The minimum absolute atomic E-state index is 0.0150. The van der Waals surface area contributed by atoms with Crippen LogP contribution in [0.15, 0.2) is 24.3 Å². The Morgan fingerprint density at radius 2 is 2.16 bits per heavy atom. The van der Waals surface area contributed by atoms with Crippen LogP contribution in [0, 0.1) is 0 Å². The molecule has 2 unspecified atom stereocenters. The lowest BCUT2D eigenvalue weighted by molar-refractivity contribution is 0.101. The largest absolute Gasteiger partial charge is 0.380 e. The van der Waals surface area contributed by atoms with E-state index in [1.54, 1.807) is 19.2 Å². The topological polar surface area (TPSA) is 38.5 Å². The molecule has 19 heavy (non-hydrogen) atoms. The van der Waals surface area contributed by atoms with E-state index in [2.05, 4.69) is 4.90 Å². The van der Waals surface area contributed by atoms with Gasteiger partial charge >= 0.3 is 0 Å². The Hall–Kier alpha value is -1.04. The van der Waals surface area contributed by atoms with Gasteiger partial charge in [-0.2, -0.15) is 0 Å². The lowest BCUT2D eigenvalue weighted by atomic mass is 10.0. The summed E-state index contributed by atoms with van der Waals surface area (Å²) >= 11 is 0. The van der Waals surface area contributed by atoms with Crippen molar-refractivity contribution in [3.05, 3.63) is 35.4 Å². The average molecular weight is 270 g/mol. The molecule has 2 N–H and O–H groups in total. The van der Waals surface area contributed by atoms with E-state index in [1.807, 2.05) is 6.07 Å². The fourth-order valence-corrected chi connectivity index (χ4v) is 2.63. The first-order valence-electron chi connectivity index (χ1n) is 6.50. The van der Waals surface area contributed by atoms with Gasteiger partial charge in [0.2, 0.25) is 0 Å². The zero-order chi connectivity index (χ0) is 13.8. The van der Waals surface area contributed by atoms with Gasteiger partial charge in [-0.05, 0) is 18.1 Å². The fourth-order valence-electron chi connectivity index (χ4n) is 2.63. The number of nitrogens with zero attached hydrogens (tertiary/aromatic N) is 1. The quantitative estimate of drug-likeness (QED) is 0.892. The Morgan fingerprint density at radius 3 is 2.74 bits per heavy atom. The maximum Gasteiger partial charge on any atom is 0.263 e. The number of benzene rings is 1. The van der Waals surface area contributed by atoms with Gasteiger partial charge in [0.1, 0.15) is 0 Å². The van der Waals surface area contributed by atoms with E-state index in [-0.39, 0.29) is 17.7 Å². The molecule has 0 bridgehead atoms. The zero-order valence-electron chi connectivity index (χ0n) is 11.1. The van der Waals surface area contributed by atoms with Crippen LogP contribution in [0.4, 0.5) is 8.78 Å². The van der Waals surface area contributed by atoms with E-state index in [4.69, 9.17) is 10.5 Å². The van der Waals surface area contributed by atoms with E-state index >= 15 is 0 Å². The summed E-state index contributed by atoms with van der Waals surface area (Å²) in [5.74, 6) is 0. The Balaban J connectivity index is 2.15. The second-order valence-electron chi connectivity index (χ2n) is 4.86. The van der Waals surface area contributed by atoms with Crippen LogP contribution >= 0.6 is 0 Å². The standard InChI is InChI=1S/C14H20F2N2O/c1-19-12-5-6-18(9-12)13(8-17)10-3-2-4-11(7-10)14(15)16/h2-4,7,12-14H,5-6,8-9,17H2,1H3. The molecule has 3 nitrogen and oxygen atoms in total. The van der Waals surface area contributed by atoms with Crippen molar-refractivity contribution in [1.82, 2.24) is 4.90 Å². The number of hydrogen-bond acceptors (Lipinski definition) is 3. The number of rotatable bonds is 5. The van der Waals surface area contributed by atoms with Crippen LogP contribution in [0.25, 0.3) is 0 Å². The first-order chi connectivity index (χ1) is 9.15. The number of halogens is 2. The van der Waals surface area contributed by atoms with Gasteiger partial charge in [-0.15, -0.1) is 0 Å². The van der Waals surface area contributed by atoms with Gasteiger partial charge in [-0.1, -0.05) is 18.2 Å². The lowest BCUT2D eigenvalue weighted by Crippen LogP contribution is -2.33. The third-order valence-corrected chi connectivity index (χ3v) is 3.72. The van der Waals surface area contributed by atoms with Crippen LogP contribution in [-0.2, 0) is 4.74 Å². The molecule has 1 heterocycles. The normalized spacial score (nSPS) is 22.1. The van der Waals surface area contributed by atoms with Crippen molar-refractivity contribution in [2.45, 2.75) is 25.0 Å². The summed E-state index contributed by atoms with van der Waals surface area (Å²) in [6.07, 6.45) is -1.27. The molecule has 0 saturated carbocycles. The van der Waals surface area contributed by atoms with Gasteiger partial charge in [-0.3, -0.25) is 4.90 Å². The highest BCUT2D eigenvalue weighted by Crippen LogP contribution is 2.28. The van der Waals surface area contributed by atoms with Crippen molar-refractivity contribution in [2.75, 3.05) is 26.7 Å². The van der Waals surface area contributed by atoms with Gasteiger partial charge < -0.3 is 10.5 Å². The molecule has 1 fully saturated rings. The van der Waals surface area contributed by atoms with E-state index in [0.29, 0.717) is 6.54 Å². The molecule has 1 saturated heterocycles. The predicted octanol–water partition coefficient (Wildman–Crippen LogP) is 2.34. The summed E-state index contributed by atoms with van der Waals surface area (Å²) in [5.41, 5.74) is 6.74. The molecule has 5 heteroatoms. The van der Waals surface area contributed by atoms with Crippen LogP contribution in [0.2, 0.25) is 0 Å². The molecule has 0 radical (unpaired) electrons. The van der Waals surface area contributed by atoms with E-state index in [0.717, 1.165) is 25.1 Å². The molecule has 1 aromatic carbocycles. The number of likely N-dealkylation sites (tertiary alicyclic amines) is 1. The molecule has 1 aliphatic heterocycles.